The van der Waals surface area contributed by atoms with Crippen LogP contribution in [0.5, 0.6) is 11.5 Å². The van der Waals surface area contributed by atoms with Crippen LogP contribution in [0.25, 0.3) is 0 Å². The van der Waals surface area contributed by atoms with Crippen LogP contribution in [0, 0.1) is 0 Å². The number of methoxy groups -OCH3 is 1. The lowest BCUT2D eigenvalue weighted by Crippen LogP contribution is -2.56. The Kier molecular flexibility index (Phi) is 5.94. The molecule has 0 bridgehead atoms. The van der Waals surface area contributed by atoms with Crippen LogP contribution in [0.2, 0.25) is 0 Å². The van der Waals surface area contributed by atoms with Gasteiger partial charge < -0.3 is 18.9 Å². The highest BCUT2D eigenvalue weighted by Crippen LogP contribution is 2.44. The monoisotopic (exact) mass is 463 g/mol. The molecule has 1 aromatic heterocycles. The van der Waals surface area contributed by atoms with Gasteiger partial charge in [-0.05, 0) is 57.1 Å². The maximum Gasteiger partial charge on any atom is 0.431 e. The molecule has 0 radical (unpaired) electrons. The number of aromatic nitrogens is 1. The maximum absolute atomic E-state index is 13.5. The minimum Gasteiger partial charge on any atom is -0.493 e. The van der Waals surface area contributed by atoms with E-state index in [9.17, 15) is 18.0 Å². The summed E-state index contributed by atoms with van der Waals surface area (Å²) in [6.45, 7) is 7.16. The summed E-state index contributed by atoms with van der Waals surface area (Å²) in [4.78, 5) is 17.1. The van der Waals surface area contributed by atoms with E-state index in [0.717, 1.165) is 0 Å². The third-order valence-electron chi connectivity index (χ3n) is 6.71. The second-order valence-electron chi connectivity index (χ2n) is 8.67. The van der Waals surface area contributed by atoms with Gasteiger partial charge in [-0.1, -0.05) is 6.58 Å². The highest BCUT2D eigenvalue weighted by Gasteiger charge is 2.47. The number of amides is 1. The van der Waals surface area contributed by atoms with E-state index < -0.39 is 17.4 Å². The van der Waals surface area contributed by atoms with Crippen molar-refractivity contribution in [3.63, 3.8) is 0 Å². The van der Waals surface area contributed by atoms with Crippen molar-refractivity contribution in [1.29, 1.82) is 0 Å². The molecule has 1 amide bonds. The van der Waals surface area contributed by atoms with Crippen LogP contribution in [0.3, 0.4) is 0 Å². The standard InChI is InChI=1S/C24H28F3N3O3/c1-16(2)33-18-6-5-17(15-19(18)32-4)22(31)29-11-9-23(10-12-29)20-7-8-21(24(25,26)27)30(20)14-13-28(23)3/h5-8,15H,1,9-14H2,2-4H3. The highest BCUT2D eigenvalue weighted by atomic mass is 19.4. The molecular formula is C24H28F3N3O3. The molecule has 0 atom stereocenters. The summed E-state index contributed by atoms with van der Waals surface area (Å²) in [5, 5.41) is 0. The van der Waals surface area contributed by atoms with Gasteiger partial charge in [-0.15, -0.1) is 0 Å². The number of fused-ring (bicyclic) bond motifs is 2. The van der Waals surface area contributed by atoms with Crippen LogP contribution < -0.4 is 9.47 Å². The van der Waals surface area contributed by atoms with Gasteiger partial charge >= 0.3 is 6.18 Å². The van der Waals surface area contributed by atoms with Crippen molar-refractivity contribution < 1.29 is 27.4 Å². The smallest absolute Gasteiger partial charge is 0.431 e. The largest absolute Gasteiger partial charge is 0.493 e. The van der Waals surface area contributed by atoms with Gasteiger partial charge in [-0.25, -0.2) is 0 Å². The number of hydrogen-bond donors (Lipinski definition) is 0. The van der Waals surface area contributed by atoms with E-state index in [4.69, 9.17) is 9.47 Å². The van der Waals surface area contributed by atoms with Gasteiger partial charge in [-0.3, -0.25) is 9.69 Å². The summed E-state index contributed by atoms with van der Waals surface area (Å²) in [6.07, 6.45) is -3.26. The summed E-state index contributed by atoms with van der Waals surface area (Å²) < 4.78 is 52.7. The number of likely N-dealkylation sites (tertiary alicyclic amines) is 1. The molecule has 1 fully saturated rings. The Morgan fingerprint density at radius 1 is 1.06 bits per heavy atom. The molecule has 1 spiro atoms. The lowest BCUT2D eigenvalue weighted by atomic mass is 9.81. The first kappa shape index (κ1) is 23.2. The number of carbonyl (C=O) groups is 1. The first-order valence-corrected chi connectivity index (χ1v) is 10.9. The Labute approximate surface area is 191 Å². The molecule has 1 aromatic carbocycles. The first-order chi connectivity index (χ1) is 15.6. The molecule has 1 saturated heterocycles. The number of likely N-dealkylation sites (N-methyl/N-ethyl adjacent to an activating group) is 1. The van der Waals surface area contributed by atoms with Crippen molar-refractivity contribution >= 4 is 5.91 Å². The molecule has 9 heteroatoms. The van der Waals surface area contributed by atoms with E-state index in [1.165, 1.54) is 17.7 Å². The average Bonchev–Trinajstić information content (AvgIpc) is 3.22. The first-order valence-electron chi connectivity index (χ1n) is 10.9. The fourth-order valence-corrected chi connectivity index (χ4v) is 4.99. The second-order valence-corrected chi connectivity index (χ2v) is 8.67. The minimum atomic E-state index is -4.38. The van der Waals surface area contributed by atoms with E-state index in [0.29, 0.717) is 67.5 Å². The third-order valence-corrected chi connectivity index (χ3v) is 6.71. The number of hydrogen-bond acceptors (Lipinski definition) is 4. The molecule has 178 valence electrons. The zero-order valence-electron chi connectivity index (χ0n) is 19.0. The third kappa shape index (κ3) is 4.10. The second kappa shape index (κ2) is 8.44. The van der Waals surface area contributed by atoms with Crippen LogP contribution in [0.4, 0.5) is 13.2 Å². The number of carbonyl (C=O) groups excluding carboxylic acids is 1. The Morgan fingerprint density at radius 2 is 1.76 bits per heavy atom. The number of ether oxygens (including phenoxy) is 2. The molecule has 33 heavy (non-hydrogen) atoms. The SMILES string of the molecule is C=C(C)Oc1ccc(C(=O)N2CCC3(CC2)c2ccc(C(F)(F)F)n2CCN3C)cc1OC. The molecule has 0 N–H and O–H groups in total. The summed E-state index contributed by atoms with van der Waals surface area (Å²) >= 11 is 0. The molecule has 4 rings (SSSR count). The summed E-state index contributed by atoms with van der Waals surface area (Å²) in [6, 6.07) is 7.77. The lowest BCUT2D eigenvalue weighted by Gasteiger charge is -2.50. The summed E-state index contributed by atoms with van der Waals surface area (Å²) in [5.41, 5.74) is 0.0259. The van der Waals surface area contributed by atoms with Crippen LogP contribution in [-0.4, -0.2) is 54.1 Å². The van der Waals surface area contributed by atoms with Crippen LogP contribution in [-0.2, 0) is 18.3 Å². The number of alkyl halides is 3. The van der Waals surface area contributed by atoms with E-state index in [-0.39, 0.29) is 5.91 Å². The minimum absolute atomic E-state index is 0.144. The van der Waals surface area contributed by atoms with E-state index in [1.807, 2.05) is 7.05 Å². The van der Waals surface area contributed by atoms with Crippen molar-refractivity contribution in [1.82, 2.24) is 14.4 Å². The molecule has 2 aliphatic heterocycles. The Morgan fingerprint density at radius 3 is 2.36 bits per heavy atom. The maximum atomic E-state index is 13.5. The van der Waals surface area contributed by atoms with E-state index in [2.05, 4.69) is 11.5 Å². The number of allylic oxidation sites excluding steroid dienone is 1. The van der Waals surface area contributed by atoms with Gasteiger partial charge in [0.05, 0.1) is 18.4 Å². The van der Waals surface area contributed by atoms with Crippen LogP contribution in [0.15, 0.2) is 42.7 Å². The zero-order chi connectivity index (χ0) is 24.0. The van der Waals surface area contributed by atoms with Gasteiger partial charge in [0.25, 0.3) is 5.91 Å². The van der Waals surface area contributed by atoms with Gasteiger partial charge in [0, 0.05) is 37.4 Å². The van der Waals surface area contributed by atoms with Gasteiger partial charge in [0.15, 0.2) is 11.5 Å². The predicted octanol–water partition coefficient (Wildman–Crippen LogP) is 4.50. The van der Waals surface area contributed by atoms with Crippen molar-refractivity contribution in [3.8, 4) is 11.5 Å². The van der Waals surface area contributed by atoms with Crippen LogP contribution >= 0.6 is 0 Å². The fourth-order valence-electron chi connectivity index (χ4n) is 4.99. The molecule has 0 unspecified atom stereocenters. The van der Waals surface area contributed by atoms with Gasteiger partial charge in [-0.2, -0.15) is 13.2 Å². The molecule has 2 aliphatic rings. The molecule has 2 aromatic rings. The Bertz CT molecular complexity index is 1070. The van der Waals surface area contributed by atoms with Crippen LogP contribution in [0.1, 0.15) is 41.5 Å². The average molecular weight is 464 g/mol. The summed E-state index contributed by atoms with van der Waals surface area (Å²) in [5.74, 6) is 1.27. The normalized spacial score (nSPS) is 18.2. The van der Waals surface area contributed by atoms with Crippen molar-refractivity contribution in [3.05, 3.63) is 59.6 Å². The molecule has 0 aliphatic carbocycles. The van der Waals surface area contributed by atoms with Crippen molar-refractivity contribution in [2.75, 3.05) is 33.8 Å². The fraction of sp³-hybridized carbons (Fsp3) is 0.458. The highest BCUT2D eigenvalue weighted by molar-refractivity contribution is 5.95. The predicted molar refractivity (Wildman–Crippen MR) is 117 cm³/mol. The molecule has 6 nitrogen and oxygen atoms in total. The van der Waals surface area contributed by atoms with E-state index >= 15 is 0 Å². The Hall–Kier alpha value is -2.94. The van der Waals surface area contributed by atoms with Crippen molar-refractivity contribution in [2.45, 2.75) is 38.0 Å². The number of benzene rings is 1. The Balaban J connectivity index is 1.54. The number of rotatable bonds is 4. The van der Waals surface area contributed by atoms with E-state index in [1.54, 1.807) is 36.1 Å². The molecule has 3 heterocycles. The topological polar surface area (TPSA) is 46.9 Å². The number of piperidine rings is 1. The quantitative estimate of drug-likeness (QED) is 0.627. The lowest BCUT2D eigenvalue weighted by molar-refractivity contribution is -0.144. The summed E-state index contributed by atoms with van der Waals surface area (Å²) in [7, 11) is 3.45. The molecular weight excluding hydrogens is 435 g/mol. The van der Waals surface area contributed by atoms with Gasteiger partial charge in [0.2, 0.25) is 0 Å². The van der Waals surface area contributed by atoms with Crippen molar-refractivity contribution in [2.24, 2.45) is 0 Å². The number of halogens is 3. The number of nitrogens with zero attached hydrogens (tertiary/aromatic N) is 3. The molecule has 0 saturated carbocycles. The van der Waals surface area contributed by atoms with Gasteiger partial charge in [0.1, 0.15) is 5.69 Å². The zero-order valence-corrected chi connectivity index (χ0v) is 19.0.